The Morgan fingerprint density at radius 1 is 1.35 bits per heavy atom. The van der Waals surface area contributed by atoms with Crippen LogP contribution in [0.4, 0.5) is 0 Å². The van der Waals surface area contributed by atoms with Crippen molar-refractivity contribution >= 4 is 35.0 Å². The third kappa shape index (κ3) is 2.63. The van der Waals surface area contributed by atoms with Gasteiger partial charge in [0.25, 0.3) is 0 Å². The summed E-state index contributed by atoms with van der Waals surface area (Å²) in [4.78, 5) is 25.8. The minimum atomic E-state index is -0.860. The molecule has 6 heteroatoms. The van der Waals surface area contributed by atoms with Crippen LogP contribution in [0.3, 0.4) is 0 Å². The van der Waals surface area contributed by atoms with Gasteiger partial charge < -0.3 is 10.2 Å². The maximum absolute atomic E-state index is 12.2. The highest BCUT2D eigenvalue weighted by atomic mass is 35.5. The zero-order valence-electron chi connectivity index (χ0n) is 11.4. The normalized spacial score (nSPS) is 22.9. The molecule has 4 nitrogen and oxygen atoms in total. The van der Waals surface area contributed by atoms with E-state index in [2.05, 4.69) is 5.32 Å². The van der Waals surface area contributed by atoms with E-state index in [9.17, 15) is 9.59 Å². The molecule has 1 unspecified atom stereocenters. The van der Waals surface area contributed by atoms with Crippen LogP contribution in [0.5, 0.6) is 0 Å². The van der Waals surface area contributed by atoms with Gasteiger partial charge in [0.15, 0.2) is 0 Å². The van der Waals surface area contributed by atoms with Crippen LogP contribution in [0.25, 0.3) is 0 Å². The Labute approximate surface area is 128 Å². The Bertz CT molecular complexity index is 562. The van der Waals surface area contributed by atoms with Gasteiger partial charge in [0.05, 0.1) is 6.54 Å². The first kappa shape index (κ1) is 15.1. The van der Waals surface area contributed by atoms with E-state index >= 15 is 0 Å². The highest BCUT2D eigenvalue weighted by molar-refractivity contribution is 6.33. The molecular formula is C14H16Cl2N2O2. The van der Waals surface area contributed by atoms with E-state index in [-0.39, 0.29) is 24.9 Å². The number of amides is 2. The predicted octanol–water partition coefficient (Wildman–Crippen LogP) is 2.62. The van der Waals surface area contributed by atoms with E-state index in [1.807, 2.05) is 6.92 Å². The van der Waals surface area contributed by atoms with Crippen molar-refractivity contribution in [3.63, 3.8) is 0 Å². The Balaban J connectivity index is 2.35. The minimum absolute atomic E-state index is 0.0204. The second-order valence-corrected chi connectivity index (χ2v) is 5.87. The van der Waals surface area contributed by atoms with Crippen molar-refractivity contribution in [3.8, 4) is 0 Å². The van der Waals surface area contributed by atoms with Crippen molar-refractivity contribution in [2.24, 2.45) is 0 Å². The second-order valence-electron chi connectivity index (χ2n) is 5.03. The number of carbonyl (C=O) groups is 2. The number of nitrogens with zero attached hydrogens (tertiary/aromatic N) is 1. The monoisotopic (exact) mass is 314 g/mol. The Hall–Kier alpha value is -1.26. The van der Waals surface area contributed by atoms with Crippen LogP contribution in [-0.2, 0) is 16.1 Å². The van der Waals surface area contributed by atoms with Gasteiger partial charge in [-0.25, -0.2) is 0 Å². The molecule has 0 aliphatic carbocycles. The van der Waals surface area contributed by atoms with Crippen molar-refractivity contribution in [3.05, 3.63) is 33.8 Å². The molecule has 1 aliphatic rings. The fourth-order valence-electron chi connectivity index (χ4n) is 2.29. The van der Waals surface area contributed by atoms with Gasteiger partial charge in [0, 0.05) is 16.6 Å². The molecule has 1 atom stereocenters. The summed E-state index contributed by atoms with van der Waals surface area (Å²) >= 11 is 12.1. The molecule has 108 valence electrons. The fraction of sp³-hybridized carbons (Fsp3) is 0.429. The molecule has 2 rings (SSSR count). The number of hydrogen-bond donors (Lipinski definition) is 1. The lowest BCUT2D eigenvalue weighted by molar-refractivity contribution is -0.153. The predicted molar refractivity (Wildman–Crippen MR) is 78.7 cm³/mol. The lowest BCUT2D eigenvalue weighted by Gasteiger charge is -2.43. The number of carbonyl (C=O) groups excluding carboxylic acids is 2. The quantitative estimate of drug-likeness (QED) is 0.932. The van der Waals surface area contributed by atoms with Crippen molar-refractivity contribution in [2.45, 2.75) is 32.4 Å². The number of piperazine rings is 1. The van der Waals surface area contributed by atoms with Gasteiger partial charge in [-0.2, -0.15) is 0 Å². The highest BCUT2D eigenvalue weighted by Crippen LogP contribution is 2.28. The van der Waals surface area contributed by atoms with Crippen LogP contribution in [0, 0.1) is 0 Å². The van der Waals surface area contributed by atoms with E-state index in [4.69, 9.17) is 23.2 Å². The molecule has 2 amide bonds. The molecule has 0 aromatic heterocycles. The van der Waals surface area contributed by atoms with Crippen molar-refractivity contribution in [1.82, 2.24) is 10.2 Å². The Morgan fingerprint density at radius 3 is 2.70 bits per heavy atom. The molecule has 0 radical (unpaired) electrons. The summed E-state index contributed by atoms with van der Waals surface area (Å²) in [6, 6.07) is 5.11. The summed E-state index contributed by atoms with van der Waals surface area (Å²) in [6.45, 7) is 3.94. The maximum atomic E-state index is 12.2. The number of hydrogen-bond acceptors (Lipinski definition) is 2. The van der Waals surface area contributed by atoms with Crippen molar-refractivity contribution < 1.29 is 9.59 Å². The van der Waals surface area contributed by atoms with E-state index in [0.29, 0.717) is 16.5 Å². The minimum Gasteiger partial charge on any atom is -0.345 e. The summed E-state index contributed by atoms with van der Waals surface area (Å²) < 4.78 is 0. The highest BCUT2D eigenvalue weighted by Gasteiger charge is 2.44. The first-order valence-electron chi connectivity index (χ1n) is 6.41. The topological polar surface area (TPSA) is 49.4 Å². The van der Waals surface area contributed by atoms with Gasteiger partial charge in [0.1, 0.15) is 5.54 Å². The smallest absolute Gasteiger partial charge is 0.246 e. The Morgan fingerprint density at radius 2 is 2.05 bits per heavy atom. The maximum Gasteiger partial charge on any atom is 0.246 e. The lowest BCUT2D eigenvalue weighted by Crippen LogP contribution is -2.65. The number of halogens is 2. The third-order valence-electron chi connectivity index (χ3n) is 3.81. The van der Waals surface area contributed by atoms with E-state index in [0.717, 1.165) is 5.56 Å². The van der Waals surface area contributed by atoms with Crippen LogP contribution >= 0.6 is 23.2 Å². The first-order chi connectivity index (χ1) is 9.38. The molecule has 1 aromatic rings. The van der Waals surface area contributed by atoms with Gasteiger partial charge in [-0.3, -0.25) is 9.59 Å². The van der Waals surface area contributed by atoms with E-state index in [1.54, 1.807) is 30.0 Å². The molecule has 0 spiro atoms. The Kier molecular flexibility index (Phi) is 4.25. The molecule has 0 saturated carbocycles. The van der Waals surface area contributed by atoms with Gasteiger partial charge in [-0.05, 0) is 37.1 Å². The molecule has 1 aromatic carbocycles. The van der Waals surface area contributed by atoms with Gasteiger partial charge in [-0.1, -0.05) is 30.1 Å². The third-order valence-corrected chi connectivity index (χ3v) is 4.41. The van der Waals surface area contributed by atoms with Crippen molar-refractivity contribution in [2.75, 3.05) is 6.54 Å². The lowest BCUT2D eigenvalue weighted by atomic mass is 9.92. The average molecular weight is 315 g/mol. The summed E-state index contributed by atoms with van der Waals surface area (Å²) in [5.41, 5.74) is -0.122. The summed E-state index contributed by atoms with van der Waals surface area (Å²) in [5.74, 6) is -0.261. The zero-order valence-corrected chi connectivity index (χ0v) is 12.9. The molecular weight excluding hydrogens is 299 g/mol. The fourth-order valence-corrected chi connectivity index (χ4v) is 2.66. The summed E-state index contributed by atoms with van der Waals surface area (Å²) in [5, 5.41) is 3.71. The van der Waals surface area contributed by atoms with Crippen LogP contribution in [-0.4, -0.2) is 28.8 Å². The number of nitrogens with one attached hydrogen (secondary N) is 1. The van der Waals surface area contributed by atoms with Crippen LogP contribution < -0.4 is 5.32 Å². The van der Waals surface area contributed by atoms with Crippen molar-refractivity contribution in [1.29, 1.82) is 0 Å². The average Bonchev–Trinajstić information content (AvgIpc) is 2.43. The molecule has 1 heterocycles. The van der Waals surface area contributed by atoms with Crippen LogP contribution in [0.15, 0.2) is 18.2 Å². The molecule has 0 bridgehead atoms. The molecule has 1 N–H and O–H groups in total. The number of benzene rings is 1. The SMILES string of the molecule is CCC1(C)C(=O)NCC(=O)N1Cc1cc(Cl)ccc1Cl. The second kappa shape index (κ2) is 5.62. The molecule has 1 aliphatic heterocycles. The largest absolute Gasteiger partial charge is 0.345 e. The zero-order chi connectivity index (χ0) is 14.9. The first-order valence-corrected chi connectivity index (χ1v) is 7.16. The standard InChI is InChI=1S/C14H16Cl2N2O2/c1-3-14(2)13(20)17-7-12(19)18(14)8-9-6-10(15)4-5-11(9)16/h4-6H,3,7-8H2,1-2H3,(H,17,20). The van der Waals surface area contributed by atoms with E-state index < -0.39 is 5.54 Å². The van der Waals surface area contributed by atoms with Gasteiger partial charge in [-0.15, -0.1) is 0 Å². The van der Waals surface area contributed by atoms with E-state index in [1.165, 1.54) is 0 Å². The van der Waals surface area contributed by atoms with Crippen LogP contribution in [0.2, 0.25) is 10.0 Å². The summed E-state index contributed by atoms with van der Waals surface area (Å²) in [6.07, 6.45) is 0.531. The molecule has 1 saturated heterocycles. The molecule has 1 fully saturated rings. The van der Waals surface area contributed by atoms with Gasteiger partial charge >= 0.3 is 0 Å². The molecule has 20 heavy (non-hydrogen) atoms. The summed E-state index contributed by atoms with van der Waals surface area (Å²) in [7, 11) is 0. The van der Waals surface area contributed by atoms with Gasteiger partial charge in [0.2, 0.25) is 11.8 Å². The van der Waals surface area contributed by atoms with Crippen LogP contribution in [0.1, 0.15) is 25.8 Å². The number of rotatable bonds is 3.